The molecule has 0 aliphatic heterocycles. The molecular weight excluding hydrogens is 2400 g/mol. The van der Waals surface area contributed by atoms with E-state index in [4.69, 9.17) is 116 Å². The Bertz CT molecular complexity index is 5600. The normalized spacial score (nSPS) is 10.1. The van der Waals surface area contributed by atoms with Gasteiger partial charge in [0.1, 0.15) is 40.5 Å². The van der Waals surface area contributed by atoms with E-state index >= 15 is 0 Å². The molecule has 40 nitrogen and oxygen atoms in total. The van der Waals surface area contributed by atoms with Crippen LogP contribution in [0.1, 0.15) is 44.5 Å². The molecule has 0 radical (unpaired) electrons. The van der Waals surface area contributed by atoms with E-state index in [1.165, 1.54) is 44.5 Å². The smallest absolute Gasteiger partial charge is 0.744 e. The van der Waals surface area contributed by atoms with Crippen LogP contribution in [0.4, 0.5) is 22.7 Å². The number of anilines is 4. The maximum absolute atomic E-state index is 10.6. The van der Waals surface area contributed by atoms with Gasteiger partial charge in [-0.15, -0.1) is 0 Å². The number of nitrogen functional groups attached to an aromatic ring is 4. The molecule has 0 unspecified atom stereocenters. The molecule has 56 heteroatoms. The van der Waals surface area contributed by atoms with Crippen molar-refractivity contribution >= 4 is 156 Å². The molecule has 0 bridgehead atoms. The van der Waals surface area contributed by atoms with E-state index in [-0.39, 0.29) is 196 Å². The molecule has 8 aromatic carbocycles. The van der Waals surface area contributed by atoms with E-state index in [1.807, 2.05) is 100 Å². The van der Waals surface area contributed by atoms with Crippen LogP contribution in [0.25, 0.3) is 0 Å². The van der Waals surface area contributed by atoms with Crippen molar-refractivity contribution in [1.29, 1.82) is 0 Å². The predicted octanol–water partition coefficient (Wildman–Crippen LogP) is 8.02. The summed E-state index contributed by atoms with van der Waals surface area (Å²) in [4.78, 5) is 30.3. The molecule has 0 spiro atoms. The minimum atomic E-state index is -4.59. The van der Waals surface area contributed by atoms with Crippen LogP contribution in [0.3, 0.4) is 0 Å². The van der Waals surface area contributed by atoms with Crippen LogP contribution in [0, 0.1) is 0 Å². The molecule has 136 heavy (non-hydrogen) atoms. The molecule has 16 aromatic rings. The maximum Gasteiger partial charge on any atom is 1.00 e. The second-order valence-corrected chi connectivity index (χ2v) is 34.6. The third kappa shape index (κ3) is 43.3. The van der Waals surface area contributed by atoms with Crippen LogP contribution in [0.15, 0.2) is 315 Å². The van der Waals surface area contributed by atoms with Crippen LogP contribution in [-0.2, 0) is 182 Å². The van der Waals surface area contributed by atoms with Crippen molar-refractivity contribution in [1.82, 2.24) is 76.4 Å². The van der Waals surface area contributed by atoms with Gasteiger partial charge in [-0.05, 0) is 93.0 Å². The Morgan fingerprint density at radius 1 is 0.221 bits per heavy atom. The molecule has 0 amide bonds. The first-order chi connectivity index (χ1) is 58.9. The SMILES string of the molecule is Nc1cc(Cl)c(S(=O)(=O)[O-])cc1Cl.Nc1cc(Cl)c(S(=O)(=O)[O-])cc1Cl.Nc1cc(Cl)c(S(=O)(=O)[O-])cc1Cl.Nc1cc(Cl)c(S(=O)(=O)[O-])cc1Cl.O.O.O.O.O.O.O.O.[Ag+].[Ag+].[Ag+].[Ag+].c1ccc(Cn2ccnc2)c(Cn2ccnc2)c1.c1ccc(Cn2ccnc2)c(Cn2ccnc2)c1.c1ccc(Cn2ccnc2)c(Cn2ccnc2)c1.c1ccc(Cn2ccnc2)c(Cn2ccnc2)c1. The molecular formula is C80H88Ag4Cl8N20O20S4. The van der Waals surface area contributed by atoms with E-state index in [0.29, 0.717) is 0 Å². The summed E-state index contributed by atoms with van der Waals surface area (Å²) in [5, 5.41) is -0.960. The second kappa shape index (κ2) is 64.5. The van der Waals surface area contributed by atoms with Gasteiger partial charge >= 0.3 is 89.5 Å². The monoisotopic (exact) mass is 2480 g/mol. The van der Waals surface area contributed by atoms with E-state index in [1.54, 1.807) is 49.6 Å². The minimum Gasteiger partial charge on any atom is -0.744 e. The van der Waals surface area contributed by atoms with Crippen molar-refractivity contribution in [3.05, 3.63) is 380 Å². The summed E-state index contributed by atoms with van der Waals surface area (Å²) in [6.45, 7) is 6.82. The minimum absolute atomic E-state index is 0. The average Bonchev–Trinajstić information content (AvgIpc) is 1.63. The van der Waals surface area contributed by atoms with E-state index in [0.717, 1.165) is 101 Å². The average molecular weight is 2490 g/mol. The van der Waals surface area contributed by atoms with Gasteiger partial charge in [-0.25, -0.2) is 73.5 Å². The number of hydrogen-bond donors (Lipinski definition) is 4. The van der Waals surface area contributed by atoms with Crippen molar-refractivity contribution in [2.45, 2.75) is 71.9 Å². The van der Waals surface area contributed by atoms with E-state index < -0.39 is 60.1 Å². The van der Waals surface area contributed by atoms with Crippen LogP contribution in [0.2, 0.25) is 40.2 Å². The Balaban J connectivity index is -0.000000726. The van der Waals surface area contributed by atoms with Crippen LogP contribution in [-0.4, -0.2) is 172 Å². The van der Waals surface area contributed by atoms with Gasteiger partial charge in [-0.2, -0.15) is 0 Å². The number of halogens is 8. The van der Waals surface area contributed by atoms with Gasteiger partial charge in [0.05, 0.1) is 133 Å². The molecule has 0 aliphatic rings. The van der Waals surface area contributed by atoms with Gasteiger partial charge in [0.25, 0.3) is 0 Å². The molecule has 0 aliphatic carbocycles. The predicted molar refractivity (Wildman–Crippen MR) is 501 cm³/mol. The number of imidazole rings is 8. The van der Waals surface area contributed by atoms with Gasteiger partial charge in [-0.1, -0.05) is 190 Å². The molecule has 0 fully saturated rings. The Morgan fingerprint density at radius 3 is 0.434 bits per heavy atom. The summed E-state index contributed by atoms with van der Waals surface area (Å²) >= 11 is 43.9. The summed E-state index contributed by atoms with van der Waals surface area (Å²) in [5.41, 5.74) is 32.3. The molecule has 0 saturated carbocycles. The summed E-state index contributed by atoms with van der Waals surface area (Å²) in [6.07, 6.45) is 45.0. The summed E-state index contributed by atoms with van der Waals surface area (Å²) in [6, 6.07) is 42.1. The Labute approximate surface area is 883 Å². The Kier molecular flexibility index (Phi) is 63.3. The van der Waals surface area contributed by atoms with Crippen molar-refractivity contribution in [2.75, 3.05) is 22.9 Å². The van der Waals surface area contributed by atoms with Gasteiger partial charge in [-0.3, -0.25) is 0 Å². The van der Waals surface area contributed by atoms with E-state index in [9.17, 15) is 51.9 Å². The Hall–Kier alpha value is -8.76. The number of nitrogens with zero attached hydrogens (tertiary/aromatic N) is 16. The van der Waals surface area contributed by atoms with Crippen molar-refractivity contribution in [3.63, 3.8) is 0 Å². The summed E-state index contributed by atoms with van der Waals surface area (Å²) in [5.74, 6) is 0. The van der Waals surface area contributed by atoms with Gasteiger partial charge in [0, 0.05) is 152 Å². The van der Waals surface area contributed by atoms with Crippen molar-refractivity contribution in [2.24, 2.45) is 0 Å². The standard InChI is InChI=1S/4C14H14N4.4C6H5Cl2NO3S.4Ag.8H2O/c4*1-2-4-14(10-18-8-6-16-12-18)13(3-1)9-17-7-5-15-11-17;4*7-3-2-6(13(10,11)12)4(8)1-5(3)9;;;;;;;;;;;;/h4*1-8,11-12H,9-10H2;4*1-2H,9H2,(H,10,11,12);;;;;8*1H2/q;;;;;;;;4*+1;;;;;;;;/p-4. The fourth-order valence-electron chi connectivity index (χ4n) is 11.0. The zero-order chi connectivity index (χ0) is 89.7. The first-order valence-corrected chi connectivity index (χ1v) is 44.4. The number of hydrogen-bond acceptors (Lipinski definition) is 24. The molecule has 16 rings (SSSR count). The first kappa shape index (κ1) is 134. The van der Waals surface area contributed by atoms with Crippen LogP contribution in [0.5, 0.6) is 0 Å². The first-order valence-electron chi connectivity index (χ1n) is 35.7. The summed E-state index contributed by atoms with van der Waals surface area (Å²) in [7, 11) is -18.4. The number of aromatic nitrogens is 16. The topological polar surface area (TPSA) is 727 Å². The molecule has 0 saturated heterocycles. The molecule has 0 atom stereocenters. The number of benzene rings is 8. The zero-order valence-corrected chi connectivity index (χ0v) is 84.8. The summed E-state index contributed by atoms with van der Waals surface area (Å²) < 4.78 is 144. The van der Waals surface area contributed by atoms with Gasteiger partial charge in [0.2, 0.25) is 0 Å². The molecule has 752 valence electrons. The number of nitrogens with two attached hydrogens (primary N) is 4. The van der Waals surface area contributed by atoms with E-state index in [2.05, 4.69) is 173 Å². The van der Waals surface area contributed by atoms with Gasteiger partial charge in [0.15, 0.2) is 0 Å². The van der Waals surface area contributed by atoms with Crippen LogP contribution >= 0.6 is 92.8 Å². The largest absolute Gasteiger partial charge is 1.00 e. The fraction of sp³-hybridized carbons (Fsp3) is 0.100. The second-order valence-electron chi connectivity index (χ2n) is 26.0. The van der Waals surface area contributed by atoms with Crippen molar-refractivity contribution < 1.29 is 185 Å². The van der Waals surface area contributed by atoms with Crippen molar-refractivity contribution in [3.8, 4) is 0 Å². The number of rotatable bonds is 20. The van der Waals surface area contributed by atoms with Crippen LogP contribution < -0.4 is 22.9 Å². The molecule has 24 N–H and O–H groups in total. The van der Waals surface area contributed by atoms with Gasteiger partial charge < -0.3 is 121 Å². The zero-order valence-electron chi connectivity index (χ0n) is 69.6. The fourth-order valence-corrected chi connectivity index (χ4v) is 16.0. The Morgan fingerprint density at radius 2 is 0.338 bits per heavy atom. The quantitative estimate of drug-likeness (QED) is 0.0318. The molecule has 8 heterocycles. The third-order valence-electron chi connectivity index (χ3n) is 17.1. The maximum atomic E-state index is 10.6. The third-order valence-corrected chi connectivity index (χ3v) is 23.6. The molecule has 8 aromatic heterocycles.